The first kappa shape index (κ1) is 15.5. The van der Waals surface area contributed by atoms with Crippen LogP contribution in [0.1, 0.15) is 42.4 Å². The van der Waals surface area contributed by atoms with E-state index in [1.54, 1.807) is 0 Å². The van der Waals surface area contributed by atoms with Crippen LogP contribution >= 0.6 is 11.3 Å². The molecule has 0 aliphatic carbocycles. The van der Waals surface area contributed by atoms with E-state index in [-0.39, 0.29) is 0 Å². The van der Waals surface area contributed by atoms with Crippen LogP contribution in [0.15, 0.2) is 12.1 Å². The van der Waals surface area contributed by atoms with Crippen molar-refractivity contribution >= 4 is 11.3 Å². The third-order valence-corrected chi connectivity index (χ3v) is 5.81. The van der Waals surface area contributed by atoms with E-state index in [1.165, 1.54) is 61.6 Å². The van der Waals surface area contributed by atoms with Crippen molar-refractivity contribution in [2.45, 2.75) is 51.7 Å². The first-order valence-electron chi connectivity index (χ1n) is 8.60. The van der Waals surface area contributed by atoms with E-state index >= 15 is 0 Å². The Morgan fingerprint density at radius 3 is 3.00 bits per heavy atom. The average Bonchev–Trinajstić information content (AvgIpc) is 2.95. The van der Waals surface area contributed by atoms with Gasteiger partial charge >= 0.3 is 0 Å². The van der Waals surface area contributed by atoms with Crippen molar-refractivity contribution in [1.82, 2.24) is 15.1 Å². The number of nitrogens with one attached hydrogen (secondary N) is 1. The summed E-state index contributed by atoms with van der Waals surface area (Å²) in [6.45, 7) is 10.7. The molecule has 3 heterocycles. The van der Waals surface area contributed by atoms with Gasteiger partial charge in [-0.25, -0.2) is 0 Å². The Morgan fingerprint density at radius 1 is 1.19 bits per heavy atom. The highest BCUT2D eigenvalue weighted by Crippen LogP contribution is 2.24. The molecule has 0 amide bonds. The van der Waals surface area contributed by atoms with E-state index in [0.29, 0.717) is 0 Å². The number of thiophene rings is 1. The van der Waals surface area contributed by atoms with Gasteiger partial charge in [0, 0.05) is 48.5 Å². The van der Waals surface area contributed by atoms with E-state index in [2.05, 4.69) is 34.2 Å². The van der Waals surface area contributed by atoms with E-state index in [9.17, 15) is 0 Å². The van der Waals surface area contributed by atoms with Crippen LogP contribution in [0.2, 0.25) is 0 Å². The summed E-state index contributed by atoms with van der Waals surface area (Å²) < 4.78 is 0. The van der Waals surface area contributed by atoms with Crippen LogP contribution in [0.5, 0.6) is 0 Å². The number of hydrogen-bond donors (Lipinski definition) is 1. The first-order valence-corrected chi connectivity index (χ1v) is 9.41. The molecule has 1 unspecified atom stereocenters. The van der Waals surface area contributed by atoms with Gasteiger partial charge in [-0.15, -0.1) is 11.3 Å². The van der Waals surface area contributed by atoms with Crippen molar-refractivity contribution in [1.29, 1.82) is 0 Å². The van der Waals surface area contributed by atoms with Crippen molar-refractivity contribution < 1.29 is 0 Å². The maximum atomic E-state index is 3.50. The molecule has 2 aliphatic heterocycles. The first-order chi connectivity index (χ1) is 10.3. The molecule has 1 aromatic heterocycles. The van der Waals surface area contributed by atoms with Gasteiger partial charge in [0.15, 0.2) is 0 Å². The van der Waals surface area contributed by atoms with Crippen molar-refractivity contribution in [3.8, 4) is 0 Å². The Hall–Kier alpha value is -0.420. The molecule has 3 rings (SSSR count). The molecule has 1 aromatic rings. The van der Waals surface area contributed by atoms with Gasteiger partial charge in [0.1, 0.15) is 0 Å². The van der Waals surface area contributed by atoms with Crippen LogP contribution in [0, 0.1) is 0 Å². The van der Waals surface area contributed by atoms with Crippen molar-refractivity contribution in [2.24, 2.45) is 0 Å². The number of hydrogen-bond acceptors (Lipinski definition) is 4. The summed E-state index contributed by atoms with van der Waals surface area (Å²) in [5, 5.41) is 3.50. The molecular weight excluding hydrogens is 278 g/mol. The lowest BCUT2D eigenvalue weighted by molar-refractivity contribution is 0.0461. The van der Waals surface area contributed by atoms with Gasteiger partial charge in [-0.2, -0.15) is 0 Å². The van der Waals surface area contributed by atoms with Gasteiger partial charge in [-0.3, -0.25) is 9.80 Å². The van der Waals surface area contributed by atoms with Gasteiger partial charge in [0.25, 0.3) is 0 Å². The van der Waals surface area contributed by atoms with Crippen molar-refractivity contribution in [2.75, 3.05) is 32.7 Å². The number of nitrogens with zero attached hydrogens (tertiary/aromatic N) is 2. The predicted molar refractivity (Wildman–Crippen MR) is 90.8 cm³/mol. The topological polar surface area (TPSA) is 18.5 Å². The van der Waals surface area contributed by atoms with Gasteiger partial charge in [-0.05, 0) is 44.5 Å². The van der Waals surface area contributed by atoms with Gasteiger partial charge in [-0.1, -0.05) is 13.3 Å². The number of fused-ring (bicyclic) bond motifs is 1. The monoisotopic (exact) mass is 307 g/mol. The Bertz CT molecular complexity index is 431. The summed E-state index contributed by atoms with van der Waals surface area (Å²) in [6, 6.07) is 5.47. The molecule has 0 bridgehead atoms. The largest absolute Gasteiger partial charge is 0.312 e. The zero-order valence-corrected chi connectivity index (χ0v) is 14.1. The molecule has 0 radical (unpaired) electrons. The van der Waals surface area contributed by atoms with Crippen LogP contribution in [-0.4, -0.2) is 48.6 Å². The molecule has 1 atom stereocenters. The quantitative estimate of drug-likeness (QED) is 0.815. The molecule has 4 heteroatoms. The molecular formula is C17H29N3S. The molecule has 0 aromatic carbocycles. The summed E-state index contributed by atoms with van der Waals surface area (Å²) in [7, 11) is 0. The van der Waals surface area contributed by atoms with Crippen molar-refractivity contribution in [3.05, 3.63) is 21.9 Å². The van der Waals surface area contributed by atoms with Crippen LogP contribution in [0.3, 0.4) is 0 Å². The van der Waals surface area contributed by atoms with Gasteiger partial charge in [0.2, 0.25) is 0 Å². The maximum absolute atomic E-state index is 3.50. The summed E-state index contributed by atoms with van der Waals surface area (Å²) in [5.74, 6) is 0. The molecule has 21 heavy (non-hydrogen) atoms. The van der Waals surface area contributed by atoms with Gasteiger partial charge < -0.3 is 5.32 Å². The summed E-state index contributed by atoms with van der Waals surface area (Å²) in [5.41, 5.74) is 0. The lowest BCUT2D eigenvalue weighted by atomic mass is 9.99. The highest BCUT2D eigenvalue weighted by atomic mass is 32.1. The van der Waals surface area contributed by atoms with Crippen LogP contribution in [0.4, 0.5) is 0 Å². The molecule has 118 valence electrons. The molecule has 0 spiro atoms. The minimum atomic E-state index is 0.832. The number of piperidine rings is 1. The number of piperazine rings is 1. The lowest BCUT2D eigenvalue weighted by Gasteiger charge is -2.44. The zero-order valence-electron chi connectivity index (χ0n) is 13.3. The second-order valence-electron chi connectivity index (χ2n) is 6.47. The predicted octanol–water partition coefficient (Wildman–Crippen LogP) is 2.92. The SMILES string of the molecule is CCCNCc1ccc(CN2CCN3CCCCC3C2)s1. The fourth-order valence-corrected chi connectivity index (χ4v) is 4.61. The minimum absolute atomic E-state index is 0.832. The fourth-order valence-electron chi connectivity index (χ4n) is 3.58. The molecule has 2 saturated heterocycles. The Balaban J connectivity index is 1.48. The van der Waals surface area contributed by atoms with E-state index in [4.69, 9.17) is 0 Å². The molecule has 2 fully saturated rings. The maximum Gasteiger partial charge on any atom is 0.0329 e. The van der Waals surface area contributed by atoms with Crippen LogP contribution in [-0.2, 0) is 13.1 Å². The second kappa shape index (κ2) is 7.73. The summed E-state index contributed by atoms with van der Waals surface area (Å²) in [4.78, 5) is 8.40. The second-order valence-corrected chi connectivity index (χ2v) is 7.72. The third kappa shape index (κ3) is 4.28. The van der Waals surface area contributed by atoms with Crippen LogP contribution in [0.25, 0.3) is 0 Å². The fraction of sp³-hybridized carbons (Fsp3) is 0.765. The van der Waals surface area contributed by atoms with Gasteiger partial charge in [0.05, 0.1) is 0 Å². The third-order valence-electron chi connectivity index (χ3n) is 4.74. The average molecular weight is 308 g/mol. The van der Waals surface area contributed by atoms with E-state index in [1.807, 2.05) is 11.3 Å². The minimum Gasteiger partial charge on any atom is -0.312 e. The molecule has 0 saturated carbocycles. The highest BCUT2D eigenvalue weighted by Gasteiger charge is 2.28. The summed E-state index contributed by atoms with van der Waals surface area (Å²) in [6.07, 6.45) is 5.47. The molecule has 2 aliphatic rings. The van der Waals surface area contributed by atoms with Crippen LogP contribution < -0.4 is 5.32 Å². The number of rotatable bonds is 6. The van der Waals surface area contributed by atoms with Crippen molar-refractivity contribution in [3.63, 3.8) is 0 Å². The molecule has 3 nitrogen and oxygen atoms in total. The Kier molecular flexibility index (Phi) is 5.69. The van der Waals surface area contributed by atoms with E-state index in [0.717, 1.165) is 25.7 Å². The standard InChI is InChI=1S/C17H29N3S/c1-2-8-18-12-16-6-7-17(21-16)14-19-10-11-20-9-4-3-5-15(20)13-19/h6-7,15,18H,2-5,8-14H2,1H3. The van der Waals surface area contributed by atoms with E-state index < -0.39 is 0 Å². The highest BCUT2D eigenvalue weighted by molar-refractivity contribution is 7.11. The normalized spacial score (nSPS) is 24.1. The summed E-state index contributed by atoms with van der Waals surface area (Å²) >= 11 is 1.99. The Morgan fingerprint density at radius 2 is 2.10 bits per heavy atom. The molecule has 1 N–H and O–H groups in total. The Labute approximate surface area is 133 Å². The smallest absolute Gasteiger partial charge is 0.0329 e. The lowest BCUT2D eigenvalue weighted by Crippen LogP contribution is -2.54. The zero-order chi connectivity index (χ0) is 14.5.